The van der Waals surface area contributed by atoms with Gasteiger partial charge in [-0.25, -0.2) is 14.5 Å². The summed E-state index contributed by atoms with van der Waals surface area (Å²) in [5.74, 6) is -0.823. The van der Waals surface area contributed by atoms with Crippen LogP contribution < -0.4 is 10.6 Å². The molecule has 0 radical (unpaired) electrons. The molecule has 0 aliphatic carbocycles. The molecular formula is C23H27BN6O3. The first kappa shape index (κ1) is 24.0. The molecule has 0 spiro atoms. The van der Waals surface area contributed by atoms with Gasteiger partial charge in [0.2, 0.25) is 0 Å². The van der Waals surface area contributed by atoms with Crippen LogP contribution in [-0.2, 0) is 19.3 Å². The Morgan fingerprint density at radius 3 is 2.58 bits per heavy atom. The number of hydrogen-bond donors (Lipinski definition) is 4. The highest BCUT2D eigenvalue weighted by molar-refractivity contribution is 6.43. The van der Waals surface area contributed by atoms with Gasteiger partial charge in [0.05, 0.1) is 12.0 Å². The Bertz CT molecular complexity index is 1070. The third-order valence-corrected chi connectivity index (χ3v) is 5.28. The number of nitrogens with one attached hydrogen (secondary N) is 2. The Labute approximate surface area is 193 Å². The Morgan fingerprint density at radius 1 is 1.15 bits per heavy atom. The normalized spacial score (nSPS) is 12.4. The Morgan fingerprint density at radius 2 is 1.91 bits per heavy atom. The zero-order chi connectivity index (χ0) is 23.6. The molecule has 3 aromatic rings. The fraction of sp³-hybridized carbons (Fsp3) is 0.304. The molecule has 4 N–H and O–H groups in total. The largest absolute Gasteiger partial charge is 0.475 e. The molecule has 1 heterocycles. The average molecular weight is 446 g/mol. The molecule has 10 heteroatoms. The van der Waals surface area contributed by atoms with Crippen LogP contribution in [0.5, 0.6) is 0 Å². The molecule has 170 valence electrons. The quantitative estimate of drug-likeness (QED) is 0.347. The van der Waals surface area contributed by atoms with Gasteiger partial charge < -0.3 is 20.7 Å². The second-order valence-electron chi connectivity index (χ2n) is 7.90. The van der Waals surface area contributed by atoms with E-state index < -0.39 is 25.1 Å². The van der Waals surface area contributed by atoms with Crippen LogP contribution in [-0.4, -0.2) is 50.4 Å². The van der Waals surface area contributed by atoms with Crippen molar-refractivity contribution in [3.05, 3.63) is 83.4 Å². The summed E-state index contributed by atoms with van der Waals surface area (Å²) in [5.41, 5.74) is 4.01. The molecule has 3 rings (SSSR count). The molecule has 2 atom stereocenters. The molecule has 9 nitrogen and oxygen atoms in total. The number of aryl methyl sites for hydroxylation is 1. The van der Waals surface area contributed by atoms with Gasteiger partial charge in [0.15, 0.2) is 0 Å². The summed E-state index contributed by atoms with van der Waals surface area (Å²) >= 11 is 0. The van der Waals surface area contributed by atoms with Gasteiger partial charge in [-0.15, -0.1) is 0 Å². The van der Waals surface area contributed by atoms with Crippen molar-refractivity contribution in [2.45, 2.75) is 38.2 Å². The number of carbonyl (C=O) groups is 1. The standard InChI is InChI=1S/C23H27BN6O3/c1-17-5-7-19(8-6-17)13-22(24(32)33)29-23(31)27-10-9-18-3-2-4-20(11-18)12-21(14-25)30-16-26-15-28-30/h2-8,11,15-16,21-22,32-33H,9-10,12-13H2,1H3,(H2,27,29,31)/t21?,22-/m0/s1. The van der Waals surface area contributed by atoms with E-state index in [4.69, 9.17) is 0 Å². The van der Waals surface area contributed by atoms with Crippen LogP contribution in [0, 0.1) is 18.3 Å². The van der Waals surface area contributed by atoms with Gasteiger partial charge in [-0.05, 0) is 36.5 Å². The highest BCUT2D eigenvalue weighted by Gasteiger charge is 2.25. The van der Waals surface area contributed by atoms with Crippen molar-refractivity contribution in [3.8, 4) is 6.07 Å². The van der Waals surface area contributed by atoms with E-state index in [-0.39, 0.29) is 0 Å². The first-order valence-corrected chi connectivity index (χ1v) is 10.7. The zero-order valence-corrected chi connectivity index (χ0v) is 18.4. The van der Waals surface area contributed by atoms with Crippen molar-refractivity contribution in [2.24, 2.45) is 0 Å². The molecule has 1 aromatic heterocycles. The number of benzene rings is 2. The highest BCUT2D eigenvalue weighted by Crippen LogP contribution is 2.14. The van der Waals surface area contributed by atoms with Crippen molar-refractivity contribution in [1.82, 2.24) is 25.4 Å². The molecule has 0 bridgehead atoms. The summed E-state index contributed by atoms with van der Waals surface area (Å²) in [4.78, 5) is 16.2. The summed E-state index contributed by atoms with van der Waals surface area (Å²) in [6.45, 7) is 2.35. The molecule has 0 aliphatic heterocycles. The second-order valence-corrected chi connectivity index (χ2v) is 7.90. The minimum Gasteiger partial charge on any atom is -0.426 e. The van der Waals surface area contributed by atoms with Crippen LogP contribution >= 0.6 is 0 Å². The van der Waals surface area contributed by atoms with E-state index in [9.17, 15) is 20.1 Å². The zero-order valence-electron chi connectivity index (χ0n) is 18.4. The lowest BCUT2D eigenvalue weighted by Gasteiger charge is -2.18. The minimum atomic E-state index is -1.67. The summed E-state index contributed by atoms with van der Waals surface area (Å²) in [5, 5.41) is 38.1. The van der Waals surface area contributed by atoms with Crippen LogP contribution in [0.4, 0.5) is 4.79 Å². The second kappa shape index (κ2) is 11.8. The summed E-state index contributed by atoms with van der Waals surface area (Å²) in [6.07, 6.45) is 4.32. The number of amides is 2. The van der Waals surface area contributed by atoms with Crippen LogP contribution in [0.3, 0.4) is 0 Å². The molecule has 2 aromatic carbocycles. The van der Waals surface area contributed by atoms with E-state index in [1.54, 1.807) is 0 Å². The lowest BCUT2D eigenvalue weighted by Crippen LogP contribution is -2.51. The number of carbonyl (C=O) groups excluding carboxylic acids is 1. The van der Waals surface area contributed by atoms with E-state index in [0.717, 1.165) is 22.3 Å². The van der Waals surface area contributed by atoms with Gasteiger partial charge in [-0.2, -0.15) is 10.4 Å². The van der Waals surface area contributed by atoms with Gasteiger partial charge in [0.1, 0.15) is 18.7 Å². The van der Waals surface area contributed by atoms with Crippen LogP contribution in [0.1, 0.15) is 28.3 Å². The number of rotatable bonds is 10. The van der Waals surface area contributed by atoms with Gasteiger partial charge in [-0.3, -0.25) is 0 Å². The number of urea groups is 1. The monoisotopic (exact) mass is 446 g/mol. The molecule has 33 heavy (non-hydrogen) atoms. The van der Waals surface area contributed by atoms with E-state index in [1.165, 1.54) is 17.3 Å². The third-order valence-electron chi connectivity index (χ3n) is 5.28. The van der Waals surface area contributed by atoms with Crippen molar-refractivity contribution >= 4 is 13.1 Å². The maximum atomic E-state index is 12.3. The number of nitriles is 1. The first-order chi connectivity index (χ1) is 15.9. The van der Waals surface area contributed by atoms with Gasteiger partial charge in [-0.1, -0.05) is 54.1 Å². The topological polar surface area (TPSA) is 136 Å². The van der Waals surface area contributed by atoms with Gasteiger partial charge in [0, 0.05) is 13.0 Å². The molecule has 0 saturated heterocycles. The molecule has 0 saturated carbocycles. The highest BCUT2D eigenvalue weighted by atomic mass is 16.4. The van der Waals surface area contributed by atoms with Crippen molar-refractivity contribution in [3.63, 3.8) is 0 Å². The Hall–Kier alpha value is -3.68. The van der Waals surface area contributed by atoms with Gasteiger partial charge in [0.25, 0.3) is 0 Å². The van der Waals surface area contributed by atoms with E-state index in [2.05, 4.69) is 26.8 Å². The predicted molar refractivity (Wildman–Crippen MR) is 124 cm³/mol. The fourth-order valence-corrected chi connectivity index (χ4v) is 3.46. The van der Waals surface area contributed by atoms with Crippen LogP contribution in [0.2, 0.25) is 0 Å². The first-order valence-electron chi connectivity index (χ1n) is 10.7. The maximum Gasteiger partial charge on any atom is 0.475 e. The molecule has 0 fully saturated rings. The predicted octanol–water partition coefficient (Wildman–Crippen LogP) is 1.36. The fourth-order valence-electron chi connectivity index (χ4n) is 3.46. The van der Waals surface area contributed by atoms with E-state index >= 15 is 0 Å². The lowest BCUT2D eigenvalue weighted by atomic mass is 9.76. The third kappa shape index (κ3) is 7.45. The molecule has 0 aliphatic rings. The Balaban J connectivity index is 1.49. The number of nitrogens with zero attached hydrogens (tertiary/aromatic N) is 4. The van der Waals surface area contributed by atoms with Crippen molar-refractivity contribution < 1.29 is 14.8 Å². The smallest absolute Gasteiger partial charge is 0.426 e. The van der Waals surface area contributed by atoms with E-state index in [1.807, 2.05) is 55.5 Å². The van der Waals surface area contributed by atoms with Gasteiger partial charge >= 0.3 is 13.1 Å². The summed E-state index contributed by atoms with van der Waals surface area (Å²) < 4.78 is 1.53. The lowest BCUT2D eigenvalue weighted by molar-refractivity contribution is 0.237. The summed E-state index contributed by atoms with van der Waals surface area (Å²) in [7, 11) is -1.67. The van der Waals surface area contributed by atoms with Crippen molar-refractivity contribution in [1.29, 1.82) is 5.26 Å². The van der Waals surface area contributed by atoms with E-state index in [0.29, 0.717) is 25.8 Å². The molecule has 2 amide bonds. The SMILES string of the molecule is Cc1ccc(C[C@H](NC(=O)NCCc2cccc(CC(C#N)n3cncn3)c2)B(O)O)cc1. The van der Waals surface area contributed by atoms with Crippen molar-refractivity contribution in [2.75, 3.05) is 6.54 Å². The van der Waals surface area contributed by atoms with Crippen LogP contribution in [0.15, 0.2) is 61.2 Å². The summed E-state index contributed by atoms with van der Waals surface area (Å²) in [6, 6.07) is 16.8. The van der Waals surface area contributed by atoms with Crippen LogP contribution in [0.25, 0.3) is 0 Å². The molecular weight excluding hydrogens is 419 g/mol. The molecule has 1 unspecified atom stereocenters. The average Bonchev–Trinajstić information content (AvgIpc) is 3.33. The Kier molecular flexibility index (Phi) is 8.58. The minimum absolute atomic E-state index is 0.305. The number of aromatic nitrogens is 3. The number of hydrogen-bond acceptors (Lipinski definition) is 6. The maximum absolute atomic E-state index is 12.3.